The second-order valence-corrected chi connectivity index (χ2v) is 9.83. The lowest BCUT2D eigenvalue weighted by atomic mass is 9.95. The third-order valence-corrected chi connectivity index (χ3v) is 7.31. The first kappa shape index (κ1) is 25.6. The maximum absolute atomic E-state index is 14.0. The molecular weight excluding hydrogens is 510 g/mol. The lowest BCUT2D eigenvalue weighted by Gasteiger charge is -2.32. The molecule has 1 atom stereocenters. The lowest BCUT2D eigenvalue weighted by molar-refractivity contribution is -0.182. The second-order valence-electron chi connectivity index (χ2n) is 9.39. The van der Waals surface area contributed by atoms with Gasteiger partial charge in [-0.1, -0.05) is 11.6 Å². The van der Waals surface area contributed by atoms with Crippen molar-refractivity contribution >= 4 is 23.6 Å². The molecule has 4 heterocycles. The molecular formula is C25H26ClF4N7. The molecule has 0 saturated carbocycles. The van der Waals surface area contributed by atoms with E-state index in [9.17, 15) is 17.6 Å². The molecule has 0 amide bonds. The number of piperidine rings is 1. The van der Waals surface area contributed by atoms with Crippen molar-refractivity contribution < 1.29 is 17.6 Å². The van der Waals surface area contributed by atoms with Crippen LogP contribution in [0.4, 0.5) is 23.4 Å². The fourth-order valence-corrected chi connectivity index (χ4v) is 5.19. The number of pyridine rings is 1. The monoisotopic (exact) mass is 535 g/mol. The number of hydrogen-bond donors (Lipinski definition) is 0. The van der Waals surface area contributed by atoms with E-state index < -0.39 is 18.0 Å². The van der Waals surface area contributed by atoms with Gasteiger partial charge in [-0.2, -0.15) is 13.2 Å². The predicted molar refractivity (Wildman–Crippen MR) is 133 cm³/mol. The Bertz CT molecular complexity index is 1310. The highest BCUT2D eigenvalue weighted by Crippen LogP contribution is 2.36. The average molecular weight is 536 g/mol. The Labute approximate surface area is 216 Å². The Morgan fingerprint density at radius 3 is 2.57 bits per heavy atom. The normalized spacial score (nSPS) is 18.1. The molecule has 1 saturated heterocycles. The Kier molecular flexibility index (Phi) is 6.93. The van der Waals surface area contributed by atoms with E-state index in [1.54, 1.807) is 25.2 Å². The fourth-order valence-electron chi connectivity index (χ4n) is 5.00. The number of anilines is 1. The highest BCUT2D eigenvalue weighted by atomic mass is 35.5. The van der Waals surface area contributed by atoms with Crippen LogP contribution in [0.3, 0.4) is 0 Å². The third kappa shape index (κ3) is 5.06. The first-order valence-corrected chi connectivity index (χ1v) is 12.4. The van der Waals surface area contributed by atoms with Gasteiger partial charge in [-0.25, -0.2) is 9.37 Å². The highest BCUT2D eigenvalue weighted by molar-refractivity contribution is 6.30. The Morgan fingerprint density at radius 2 is 1.86 bits per heavy atom. The molecule has 7 nitrogen and oxygen atoms in total. The largest absolute Gasteiger partial charge is 0.403 e. The van der Waals surface area contributed by atoms with E-state index in [-0.39, 0.29) is 24.7 Å². The topological polar surface area (TPSA) is 62.4 Å². The number of halogens is 5. The zero-order chi connectivity index (χ0) is 26.3. The maximum atomic E-state index is 14.0. The van der Waals surface area contributed by atoms with Crippen molar-refractivity contribution in [3.05, 3.63) is 64.1 Å². The molecule has 0 radical (unpaired) electrons. The summed E-state index contributed by atoms with van der Waals surface area (Å²) in [6.45, 7) is 2.60. The second kappa shape index (κ2) is 10.0. The van der Waals surface area contributed by atoms with Crippen LogP contribution in [-0.2, 0) is 13.1 Å². The summed E-state index contributed by atoms with van der Waals surface area (Å²) < 4.78 is 56.7. The summed E-state index contributed by atoms with van der Waals surface area (Å²) in [7, 11) is 1.57. The SMILES string of the molecule is C/N=C\c1nc(N2CCC(c3nnc4n3-c3ccc(Cl)cc3CN(C(C)C(F)(F)F)C4)CC2)ccc1F. The summed E-state index contributed by atoms with van der Waals surface area (Å²) in [4.78, 5) is 11.7. The molecule has 37 heavy (non-hydrogen) atoms. The molecule has 1 aromatic carbocycles. The van der Waals surface area contributed by atoms with Crippen molar-refractivity contribution in [3.63, 3.8) is 0 Å². The van der Waals surface area contributed by atoms with Gasteiger partial charge in [-0.3, -0.25) is 14.5 Å². The van der Waals surface area contributed by atoms with Gasteiger partial charge in [0.15, 0.2) is 11.6 Å². The number of aliphatic imine (C=N–C) groups is 1. The number of nitrogens with zero attached hydrogens (tertiary/aromatic N) is 7. The number of alkyl halides is 3. The number of fused-ring (bicyclic) bond motifs is 3. The van der Waals surface area contributed by atoms with E-state index >= 15 is 0 Å². The zero-order valence-electron chi connectivity index (χ0n) is 20.4. The van der Waals surface area contributed by atoms with Gasteiger partial charge in [0.25, 0.3) is 0 Å². The number of rotatable bonds is 4. The Morgan fingerprint density at radius 1 is 1.11 bits per heavy atom. The van der Waals surface area contributed by atoms with Gasteiger partial charge >= 0.3 is 6.18 Å². The fraction of sp³-hybridized carbons (Fsp3) is 0.440. The van der Waals surface area contributed by atoms with E-state index in [2.05, 4.69) is 25.1 Å². The van der Waals surface area contributed by atoms with Crippen LogP contribution in [0.2, 0.25) is 5.02 Å². The summed E-state index contributed by atoms with van der Waals surface area (Å²) in [5.41, 5.74) is 1.64. The zero-order valence-corrected chi connectivity index (χ0v) is 21.1. The van der Waals surface area contributed by atoms with E-state index in [0.717, 1.165) is 31.3 Å². The molecule has 196 valence electrons. The molecule has 0 spiro atoms. The van der Waals surface area contributed by atoms with Crippen molar-refractivity contribution in [2.24, 2.45) is 4.99 Å². The Balaban J connectivity index is 1.43. The summed E-state index contributed by atoms with van der Waals surface area (Å²) >= 11 is 6.23. The minimum absolute atomic E-state index is 0.0140. The molecule has 1 fully saturated rings. The van der Waals surface area contributed by atoms with Crippen molar-refractivity contribution in [1.29, 1.82) is 0 Å². The van der Waals surface area contributed by atoms with E-state index in [1.807, 2.05) is 10.6 Å². The smallest absolute Gasteiger partial charge is 0.357 e. The van der Waals surface area contributed by atoms with Gasteiger partial charge in [0, 0.05) is 43.8 Å². The van der Waals surface area contributed by atoms with Crippen molar-refractivity contribution in [1.82, 2.24) is 24.6 Å². The average Bonchev–Trinajstić information content (AvgIpc) is 3.20. The minimum Gasteiger partial charge on any atom is -0.357 e. The molecule has 1 unspecified atom stereocenters. The highest BCUT2D eigenvalue weighted by Gasteiger charge is 2.42. The number of hydrogen-bond acceptors (Lipinski definition) is 6. The summed E-state index contributed by atoms with van der Waals surface area (Å²) in [6, 6.07) is 6.66. The van der Waals surface area contributed by atoms with Crippen LogP contribution < -0.4 is 4.90 Å². The van der Waals surface area contributed by atoms with Crippen LogP contribution in [-0.4, -0.2) is 63.2 Å². The van der Waals surface area contributed by atoms with Gasteiger partial charge in [0.05, 0.1) is 12.2 Å². The van der Waals surface area contributed by atoms with Crippen LogP contribution in [0.1, 0.15) is 48.6 Å². The molecule has 2 aliphatic rings. The van der Waals surface area contributed by atoms with Crippen LogP contribution >= 0.6 is 11.6 Å². The predicted octanol–water partition coefficient (Wildman–Crippen LogP) is 5.15. The first-order valence-electron chi connectivity index (χ1n) is 12.0. The van der Waals surface area contributed by atoms with Crippen molar-refractivity contribution in [2.75, 3.05) is 25.0 Å². The van der Waals surface area contributed by atoms with Gasteiger partial charge in [0.1, 0.15) is 23.4 Å². The van der Waals surface area contributed by atoms with Crippen LogP contribution in [0.5, 0.6) is 0 Å². The quantitative estimate of drug-likeness (QED) is 0.341. The molecule has 0 aliphatic carbocycles. The molecule has 12 heteroatoms. The maximum Gasteiger partial charge on any atom is 0.403 e. The molecule has 2 aromatic heterocycles. The summed E-state index contributed by atoms with van der Waals surface area (Å²) in [5, 5.41) is 9.26. The Hall–Kier alpha value is -3.05. The number of benzene rings is 1. The number of aromatic nitrogens is 4. The van der Waals surface area contributed by atoms with Gasteiger partial charge < -0.3 is 4.90 Å². The van der Waals surface area contributed by atoms with Gasteiger partial charge in [-0.05, 0) is 55.7 Å². The standard InChI is InChI=1S/C25H26ClF4N7/c1-15(25(28,29)30)36-13-17-11-18(26)3-5-21(17)37-23(14-36)33-34-24(37)16-7-9-35(10-8-16)22-6-4-19(27)20(32-22)12-31-2/h3-6,11-12,15-16H,7-10,13-14H2,1-2H3/b31-12-. The molecule has 5 rings (SSSR count). The molecule has 0 bridgehead atoms. The molecule has 3 aromatic rings. The summed E-state index contributed by atoms with van der Waals surface area (Å²) in [5.74, 6) is 1.49. The van der Waals surface area contributed by atoms with Crippen LogP contribution in [0.25, 0.3) is 5.69 Å². The van der Waals surface area contributed by atoms with Gasteiger partial charge in [0.2, 0.25) is 0 Å². The van der Waals surface area contributed by atoms with E-state index in [4.69, 9.17) is 11.6 Å². The van der Waals surface area contributed by atoms with Crippen LogP contribution in [0.15, 0.2) is 35.3 Å². The van der Waals surface area contributed by atoms with E-state index in [1.165, 1.54) is 17.2 Å². The van der Waals surface area contributed by atoms with Crippen molar-refractivity contribution in [3.8, 4) is 5.69 Å². The van der Waals surface area contributed by atoms with Crippen molar-refractivity contribution in [2.45, 2.75) is 51.0 Å². The molecule has 2 aliphatic heterocycles. The minimum atomic E-state index is -4.37. The molecule has 0 N–H and O–H groups in total. The van der Waals surface area contributed by atoms with Gasteiger partial charge in [-0.15, -0.1) is 10.2 Å². The van der Waals surface area contributed by atoms with Crippen LogP contribution in [0, 0.1) is 5.82 Å². The third-order valence-electron chi connectivity index (χ3n) is 7.07. The van der Waals surface area contributed by atoms with E-state index in [0.29, 0.717) is 35.3 Å². The lowest BCUT2D eigenvalue weighted by Crippen LogP contribution is -2.42. The first-order chi connectivity index (χ1) is 17.7. The summed E-state index contributed by atoms with van der Waals surface area (Å²) in [6.07, 6.45) is -1.51.